The van der Waals surface area contributed by atoms with Crippen molar-refractivity contribution in [3.63, 3.8) is 0 Å². The molecule has 0 aliphatic rings. The van der Waals surface area contributed by atoms with Crippen molar-refractivity contribution in [1.82, 2.24) is 0 Å². The van der Waals surface area contributed by atoms with Crippen LogP contribution in [-0.4, -0.2) is 24.7 Å². The van der Waals surface area contributed by atoms with Crippen LogP contribution in [0.3, 0.4) is 0 Å². The smallest absolute Gasteiger partial charge is 0.387 e. The molecule has 0 aliphatic carbocycles. The number of nitrogen functional groups attached to an aromatic ring is 1. The maximum atomic E-state index is 13.3. The summed E-state index contributed by atoms with van der Waals surface area (Å²) in [6, 6.07) is 2.05. The zero-order valence-corrected chi connectivity index (χ0v) is 10.8. The minimum atomic E-state index is -3.09. The number of anilines is 2. The van der Waals surface area contributed by atoms with Crippen LogP contribution in [0.4, 0.5) is 24.5 Å². The summed E-state index contributed by atoms with van der Waals surface area (Å²) >= 11 is 1.53. The molecule has 3 N–H and O–H groups in total. The van der Waals surface area contributed by atoms with E-state index in [0.29, 0.717) is 23.7 Å². The number of nitrogens with one attached hydrogen (secondary N) is 1. The third kappa shape index (κ3) is 5.22. The van der Waals surface area contributed by atoms with E-state index in [4.69, 9.17) is 12.2 Å². The predicted octanol–water partition coefficient (Wildman–Crippen LogP) is 2.79. The van der Waals surface area contributed by atoms with E-state index in [1.165, 1.54) is 11.8 Å². The fourth-order valence-corrected chi connectivity index (χ4v) is 1.81. The van der Waals surface area contributed by atoms with Gasteiger partial charge in [0, 0.05) is 24.4 Å². The highest BCUT2D eigenvalue weighted by Gasteiger charge is 2.13. The molecule has 1 aromatic carbocycles. The molecular formula is C12H13F3N2OS. The number of rotatable bonds is 7. The number of hydrogen-bond donors (Lipinski definition) is 2. The second kappa shape index (κ2) is 7.69. The van der Waals surface area contributed by atoms with E-state index in [0.717, 1.165) is 12.1 Å². The molecular weight excluding hydrogens is 277 g/mol. The average molecular weight is 290 g/mol. The number of halogens is 3. The minimum Gasteiger partial charge on any atom is -0.432 e. The summed E-state index contributed by atoms with van der Waals surface area (Å²) in [5, 5.41) is 2.91. The monoisotopic (exact) mass is 290 g/mol. The van der Waals surface area contributed by atoms with Gasteiger partial charge in [-0.25, -0.2) is 4.39 Å². The maximum Gasteiger partial charge on any atom is 0.387 e. The van der Waals surface area contributed by atoms with Crippen molar-refractivity contribution in [2.45, 2.75) is 6.61 Å². The molecule has 0 aliphatic heterocycles. The van der Waals surface area contributed by atoms with Gasteiger partial charge < -0.3 is 15.8 Å². The molecule has 0 amide bonds. The number of alkyl halides is 2. The van der Waals surface area contributed by atoms with Gasteiger partial charge in [-0.2, -0.15) is 8.78 Å². The molecule has 0 saturated carbocycles. The van der Waals surface area contributed by atoms with Crippen molar-refractivity contribution < 1.29 is 17.9 Å². The van der Waals surface area contributed by atoms with Crippen molar-refractivity contribution >= 4 is 23.1 Å². The van der Waals surface area contributed by atoms with Crippen LogP contribution in [0.2, 0.25) is 0 Å². The lowest BCUT2D eigenvalue weighted by Gasteiger charge is -2.12. The Labute approximate surface area is 113 Å². The summed E-state index contributed by atoms with van der Waals surface area (Å²) in [4.78, 5) is 0. The Balaban J connectivity index is 2.64. The van der Waals surface area contributed by atoms with Crippen LogP contribution in [-0.2, 0) is 0 Å². The van der Waals surface area contributed by atoms with E-state index in [2.05, 4.69) is 16.0 Å². The number of benzene rings is 1. The molecule has 0 atom stereocenters. The van der Waals surface area contributed by atoms with Crippen LogP contribution in [0, 0.1) is 18.2 Å². The third-order valence-corrected chi connectivity index (χ3v) is 2.93. The quantitative estimate of drug-likeness (QED) is 0.460. The van der Waals surface area contributed by atoms with Gasteiger partial charge in [0.2, 0.25) is 0 Å². The molecule has 0 saturated heterocycles. The lowest BCUT2D eigenvalue weighted by Crippen LogP contribution is -2.09. The first-order chi connectivity index (χ1) is 9.04. The molecule has 104 valence electrons. The van der Waals surface area contributed by atoms with Gasteiger partial charge in [-0.3, -0.25) is 0 Å². The Morgan fingerprint density at radius 3 is 2.84 bits per heavy atom. The lowest BCUT2D eigenvalue weighted by atomic mass is 10.2. The molecule has 7 heteroatoms. The predicted molar refractivity (Wildman–Crippen MR) is 72.1 cm³/mol. The van der Waals surface area contributed by atoms with Crippen molar-refractivity contribution in [2.75, 3.05) is 29.1 Å². The van der Waals surface area contributed by atoms with Gasteiger partial charge in [0.1, 0.15) is 0 Å². The molecule has 0 spiro atoms. The van der Waals surface area contributed by atoms with Crippen LogP contribution in [0.1, 0.15) is 0 Å². The van der Waals surface area contributed by atoms with E-state index < -0.39 is 18.2 Å². The van der Waals surface area contributed by atoms with Gasteiger partial charge in [-0.15, -0.1) is 18.2 Å². The van der Waals surface area contributed by atoms with Crippen molar-refractivity contribution in [2.24, 2.45) is 0 Å². The second-order valence-electron chi connectivity index (χ2n) is 3.43. The second-order valence-corrected chi connectivity index (χ2v) is 4.54. The van der Waals surface area contributed by atoms with E-state index in [9.17, 15) is 13.2 Å². The fourth-order valence-electron chi connectivity index (χ4n) is 1.30. The first-order valence-corrected chi connectivity index (χ1v) is 6.49. The van der Waals surface area contributed by atoms with Gasteiger partial charge in [0.25, 0.3) is 0 Å². The molecule has 1 aromatic rings. The van der Waals surface area contributed by atoms with Crippen molar-refractivity contribution in [3.8, 4) is 18.1 Å². The number of thioether (sulfide) groups is 1. The maximum absolute atomic E-state index is 13.3. The van der Waals surface area contributed by atoms with E-state index in [-0.39, 0.29) is 5.69 Å². The number of terminal acetylenes is 1. The molecule has 0 radical (unpaired) electrons. The summed E-state index contributed by atoms with van der Waals surface area (Å²) in [7, 11) is 0. The van der Waals surface area contributed by atoms with E-state index in [1.54, 1.807) is 0 Å². The standard InChI is InChI=1S/C12H13F3N2OS/c1-2-4-19-5-3-17-10-7-11(18-12(14)15)8(13)6-9(10)16/h1,6-7,12,17H,3-5,16H2. The fraction of sp³-hybridized carbons (Fsp3) is 0.333. The molecule has 19 heavy (non-hydrogen) atoms. The molecule has 0 heterocycles. The summed E-state index contributed by atoms with van der Waals surface area (Å²) in [5.74, 6) is 2.31. The largest absolute Gasteiger partial charge is 0.432 e. The van der Waals surface area contributed by atoms with Gasteiger partial charge >= 0.3 is 6.61 Å². The zero-order chi connectivity index (χ0) is 14.3. The van der Waals surface area contributed by atoms with E-state index in [1.807, 2.05) is 0 Å². The first-order valence-electron chi connectivity index (χ1n) is 5.33. The minimum absolute atomic E-state index is 0.126. The van der Waals surface area contributed by atoms with Gasteiger partial charge in [0.15, 0.2) is 11.6 Å². The Morgan fingerprint density at radius 1 is 1.47 bits per heavy atom. The Kier molecular flexibility index (Phi) is 6.22. The van der Waals surface area contributed by atoms with Gasteiger partial charge in [-0.05, 0) is 0 Å². The van der Waals surface area contributed by atoms with E-state index >= 15 is 0 Å². The summed E-state index contributed by atoms with van der Waals surface area (Å²) in [6.45, 7) is -2.56. The highest BCUT2D eigenvalue weighted by molar-refractivity contribution is 7.99. The highest BCUT2D eigenvalue weighted by Crippen LogP contribution is 2.29. The normalized spacial score (nSPS) is 10.3. The SMILES string of the molecule is C#CCSCCNc1cc(OC(F)F)c(F)cc1N. The lowest BCUT2D eigenvalue weighted by molar-refractivity contribution is -0.0521. The Morgan fingerprint density at radius 2 is 2.21 bits per heavy atom. The summed E-state index contributed by atoms with van der Waals surface area (Å²) < 4.78 is 41.5. The number of hydrogen-bond acceptors (Lipinski definition) is 4. The molecule has 1 rings (SSSR count). The first kappa shape index (κ1) is 15.4. The third-order valence-electron chi connectivity index (χ3n) is 2.07. The molecule has 3 nitrogen and oxygen atoms in total. The van der Waals surface area contributed by atoms with Crippen LogP contribution in [0.25, 0.3) is 0 Å². The number of nitrogens with two attached hydrogens (primary N) is 1. The Bertz CT molecular complexity index is 463. The topological polar surface area (TPSA) is 47.3 Å². The van der Waals surface area contributed by atoms with Crippen LogP contribution < -0.4 is 15.8 Å². The van der Waals surface area contributed by atoms with Crippen LogP contribution in [0.5, 0.6) is 5.75 Å². The van der Waals surface area contributed by atoms with Crippen LogP contribution in [0.15, 0.2) is 12.1 Å². The summed E-state index contributed by atoms with van der Waals surface area (Å²) in [5.41, 5.74) is 6.05. The average Bonchev–Trinajstić information content (AvgIpc) is 2.33. The van der Waals surface area contributed by atoms with Gasteiger partial charge in [-0.1, -0.05) is 5.92 Å². The zero-order valence-electron chi connectivity index (χ0n) is 9.96. The molecule has 0 fully saturated rings. The Hall–Kier alpha value is -1.68. The van der Waals surface area contributed by atoms with Crippen molar-refractivity contribution in [1.29, 1.82) is 0 Å². The highest BCUT2D eigenvalue weighted by atomic mass is 32.2. The van der Waals surface area contributed by atoms with Crippen molar-refractivity contribution in [3.05, 3.63) is 17.9 Å². The molecule has 0 aromatic heterocycles. The van der Waals surface area contributed by atoms with Gasteiger partial charge in [0.05, 0.1) is 17.1 Å². The molecule has 0 bridgehead atoms. The van der Waals surface area contributed by atoms with Crippen LogP contribution >= 0.6 is 11.8 Å². The number of ether oxygens (including phenoxy) is 1. The summed E-state index contributed by atoms with van der Waals surface area (Å²) in [6.07, 6.45) is 5.09. The molecule has 0 unspecified atom stereocenters.